The molecule has 2 aromatic carbocycles. The van der Waals surface area contributed by atoms with Crippen LogP contribution in [0.5, 0.6) is 0 Å². The lowest BCUT2D eigenvalue weighted by atomic mass is 9.73. The summed E-state index contributed by atoms with van der Waals surface area (Å²) in [7, 11) is 0. The van der Waals surface area contributed by atoms with Gasteiger partial charge in [-0.25, -0.2) is 0 Å². The molecular weight excluding hydrogens is 250 g/mol. The van der Waals surface area contributed by atoms with Crippen molar-refractivity contribution in [1.82, 2.24) is 0 Å². The molecule has 3 N–H and O–H groups in total. The van der Waals surface area contributed by atoms with Crippen molar-refractivity contribution < 1.29 is 9.90 Å². The molecule has 0 aromatic heterocycles. The first-order valence-electron chi connectivity index (χ1n) is 6.54. The van der Waals surface area contributed by atoms with Gasteiger partial charge in [0.25, 0.3) is 0 Å². The third-order valence-corrected chi connectivity index (χ3v) is 3.49. The molecule has 0 aliphatic carbocycles. The van der Waals surface area contributed by atoms with E-state index in [1.807, 2.05) is 12.1 Å². The highest BCUT2D eigenvalue weighted by molar-refractivity contribution is 6.03. The van der Waals surface area contributed by atoms with Gasteiger partial charge in [-0.15, -0.1) is 0 Å². The highest BCUT2D eigenvalue weighted by atomic mass is 16.3. The Hall–Kier alpha value is -1.97. The van der Waals surface area contributed by atoms with Crippen molar-refractivity contribution in [3.63, 3.8) is 0 Å². The van der Waals surface area contributed by atoms with Crippen LogP contribution in [0.1, 0.15) is 29.8 Å². The van der Waals surface area contributed by atoms with Gasteiger partial charge in [0.15, 0.2) is 5.60 Å². The Morgan fingerprint density at radius 1 is 0.950 bits per heavy atom. The van der Waals surface area contributed by atoms with Gasteiger partial charge in [0.05, 0.1) is 5.54 Å². The van der Waals surface area contributed by atoms with E-state index in [1.165, 1.54) is 0 Å². The fourth-order valence-electron chi connectivity index (χ4n) is 2.27. The van der Waals surface area contributed by atoms with Crippen molar-refractivity contribution >= 4 is 5.78 Å². The number of carbonyl (C=O) groups is 1. The summed E-state index contributed by atoms with van der Waals surface area (Å²) in [6.07, 6.45) is 0. The van der Waals surface area contributed by atoms with Gasteiger partial charge in [-0.3, -0.25) is 4.79 Å². The van der Waals surface area contributed by atoms with Crippen LogP contribution >= 0.6 is 0 Å². The largest absolute Gasteiger partial charge is 0.375 e. The fraction of sp³-hybridized carbons (Fsp3) is 0.235. The first-order chi connectivity index (χ1) is 9.37. The molecule has 0 amide bonds. The molecule has 2 aromatic rings. The van der Waals surface area contributed by atoms with Gasteiger partial charge < -0.3 is 10.8 Å². The van der Waals surface area contributed by atoms with Crippen molar-refractivity contribution in [2.24, 2.45) is 5.73 Å². The van der Waals surface area contributed by atoms with Crippen LogP contribution in [0.3, 0.4) is 0 Å². The van der Waals surface area contributed by atoms with Crippen molar-refractivity contribution in [2.75, 3.05) is 0 Å². The topological polar surface area (TPSA) is 63.3 Å². The molecule has 0 saturated heterocycles. The van der Waals surface area contributed by atoms with Gasteiger partial charge in [-0.05, 0) is 19.4 Å². The molecule has 104 valence electrons. The van der Waals surface area contributed by atoms with E-state index in [9.17, 15) is 9.90 Å². The molecule has 0 saturated carbocycles. The second-order valence-corrected chi connectivity index (χ2v) is 5.49. The van der Waals surface area contributed by atoms with E-state index in [4.69, 9.17) is 5.73 Å². The van der Waals surface area contributed by atoms with Crippen LogP contribution in [-0.2, 0) is 5.60 Å². The molecule has 2 rings (SSSR count). The van der Waals surface area contributed by atoms with E-state index in [2.05, 4.69) is 0 Å². The summed E-state index contributed by atoms with van der Waals surface area (Å²) in [5, 5.41) is 11.1. The highest BCUT2D eigenvalue weighted by Crippen LogP contribution is 2.34. The fourth-order valence-corrected chi connectivity index (χ4v) is 2.27. The van der Waals surface area contributed by atoms with Crippen LogP contribution in [-0.4, -0.2) is 16.4 Å². The summed E-state index contributed by atoms with van der Waals surface area (Å²) >= 11 is 0. The quantitative estimate of drug-likeness (QED) is 0.838. The summed E-state index contributed by atoms with van der Waals surface area (Å²) in [4.78, 5) is 12.8. The summed E-state index contributed by atoms with van der Waals surface area (Å²) < 4.78 is 0. The SMILES string of the molecule is CC(C)(N)C(O)(C(=O)c1ccccc1)c1ccccc1. The summed E-state index contributed by atoms with van der Waals surface area (Å²) in [5.74, 6) is -0.392. The summed E-state index contributed by atoms with van der Waals surface area (Å²) in [6.45, 7) is 3.31. The number of nitrogens with two attached hydrogens (primary N) is 1. The Labute approximate surface area is 119 Å². The van der Waals surface area contributed by atoms with Crippen LogP contribution in [0.15, 0.2) is 60.7 Å². The Kier molecular flexibility index (Phi) is 3.75. The average molecular weight is 269 g/mol. The summed E-state index contributed by atoms with van der Waals surface area (Å²) in [5.41, 5.74) is 4.18. The zero-order chi connectivity index (χ0) is 14.8. The van der Waals surface area contributed by atoms with E-state index in [-0.39, 0.29) is 0 Å². The van der Waals surface area contributed by atoms with Crippen LogP contribution in [0, 0.1) is 0 Å². The van der Waals surface area contributed by atoms with Gasteiger partial charge in [0, 0.05) is 5.56 Å². The Bertz CT molecular complexity index is 587. The molecule has 1 atom stereocenters. The zero-order valence-corrected chi connectivity index (χ0v) is 11.7. The number of rotatable bonds is 4. The minimum Gasteiger partial charge on any atom is -0.375 e. The maximum Gasteiger partial charge on any atom is 0.200 e. The molecule has 3 heteroatoms. The molecule has 0 bridgehead atoms. The van der Waals surface area contributed by atoms with Crippen molar-refractivity contribution in [3.8, 4) is 0 Å². The Morgan fingerprint density at radius 3 is 1.85 bits per heavy atom. The van der Waals surface area contributed by atoms with E-state index < -0.39 is 16.9 Å². The second-order valence-electron chi connectivity index (χ2n) is 5.49. The van der Waals surface area contributed by atoms with Gasteiger partial charge in [-0.2, -0.15) is 0 Å². The van der Waals surface area contributed by atoms with Crippen LogP contribution < -0.4 is 5.73 Å². The number of ketones is 1. The van der Waals surface area contributed by atoms with Gasteiger partial charge in [0.1, 0.15) is 0 Å². The molecule has 0 fully saturated rings. The lowest BCUT2D eigenvalue weighted by Crippen LogP contribution is -2.58. The van der Waals surface area contributed by atoms with Crippen molar-refractivity contribution in [3.05, 3.63) is 71.8 Å². The smallest absolute Gasteiger partial charge is 0.200 e. The molecule has 20 heavy (non-hydrogen) atoms. The number of carbonyl (C=O) groups excluding carboxylic acids is 1. The standard InChI is InChI=1S/C17H19NO2/c1-16(2,18)17(20,14-11-7-4-8-12-14)15(19)13-9-5-3-6-10-13/h3-12,20H,18H2,1-2H3. The average Bonchev–Trinajstić information content (AvgIpc) is 2.46. The van der Waals surface area contributed by atoms with Crippen LogP contribution in [0.25, 0.3) is 0 Å². The normalized spacial score (nSPS) is 14.6. The number of hydrogen-bond acceptors (Lipinski definition) is 3. The molecule has 0 aliphatic heterocycles. The summed E-state index contributed by atoms with van der Waals surface area (Å²) in [6, 6.07) is 17.6. The maximum absolute atomic E-state index is 12.8. The predicted octanol–water partition coefficient (Wildman–Crippen LogP) is 2.49. The number of Topliss-reactive ketones (excluding diaryl/α,β-unsaturated/α-hetero) is 1. The first kappa shape index (κ1) is 14.4. The number of aliphatic hydroxyl groups is 1. The molecule has 0 aliphatic rings. The van der Waals surface area contributed by atoms with E-state index in [0.717, 1.165) is 0 Å². The maximum atomic E-state index is 12.8. The number of benzene rings is 2. The third kappa shape index (κ3) is 2.38. The minimum absolute atomic E-state index is 0.392. The zero-order valence-electron chi connectivity index (χ0n) is 11.7. The van der Waals surface area contributed by atoms with Gasteiger partial charge in [-0.1, -0.05) is 60.7 Å². The molecule has 0 radical (unpaired) electrons. The van der Waals surface area contributed by atoms with E-state index >= 15 is 0 Å². The Balaban J connectivity index is 2.58. The molecule has 3 nitrogen and oxygen atoms in total. The Morgan fingerprint density at radius 2 is 1.40 bits per heavy atom. The highest BCUT2D eigenvalue weighted by Gasteiger charge is 2.49. The molecule has 0 spiro atoms. The lowest BCUT2D eigenvalue weighted by molar-refractivity contribution is -0.00849. The number of hydrogen-bond donors (Lipinski definition) is 2. The van der Waals surface area contributed by atoms with Crippen molar-refractivity contribution in [1.29, 1.82) is 0 Å². The molecule has 0 heterocycles. The van der Waals surface area contributed by atoms with E-state index in [0.29, 0.717) is 11.1 Å². The molecule has 1 unspecified atom stereocenters. The van der Waals surface area contributed by atoms with Crippen molar-refractivity contribution in [2.45, 2.75) is 25.0 Å². The minimum atomic E-state index is -1.77. The molecular formula is C17H19NO2. The van der Waals surface area contributed by atoms with E-state index in [1.54, 1.807) is 62.4 Å². The van der Waals surface area contributed by atoms with Gasteiger partial charge >= 0.3 is 0 Å². The van der Waals surface area contributed by atoms with Crippen LogP contribution in [0.2, 0.25) is 0 Å². The third-order valence-electron chi connectivity index (χ3n) is 3.49. The van der Waals surface area contributed by atoms with Gasteiger partial charge in [0.2, 0.25) is 5.78 Å². The lowest BCUT2D eigenvalue weighted by Gasteiger charge is -2.39. The monoisotopic (exact) mass is 269 g/mol. The second kappa shape index (κ2) is 5.19. The van der Waals surface area contributed by atoms with Crippen LogP contribution in [0.4, 0.5) is 0 Å². The first-order valence-corrected chi connectivity index (χ1v) is 6.54. The predicted molar refractivity (Wildman–Crippen MR) is 79.4 cm³/mol.